The molecule has 1 aromatic carbocycles. The molecule has 0 aromatic heterocycles. The van der Waals surface area contributed by atoms with Crippen molar-refractivity contribution in [3.05, 3.63) is 28.3 Å². The van der Waals surface area contributed by atoms with Gasteiger partial charge in [0.1, 0.15) is 17.9 Å². The largest absolute Gasteiger partial charge is 0.497 e. The Balaban J connectivity index is 2.91. The van der Waals surface area contributed by atoms with Crippen LogP contribution in [-0.2, 0) is 0 Å². The monoisotopic (exact) mass is 293 g/mol. The summed E-state index contributed by atoms with van der Waals surface area (Å²) in [6.45, 7) is 4.33. The minimum Gasteiger partial charge on any atom is -0.497 e. The molecule has 0 fully saturated rings. The maximum absolute atomic E-state index is 11.0. The van der Waals surface area contributed by atoms with Crippen LogP contribution < -0.4 is 14.8 Å². The number of hydrogen-bond donors (Lipinski definition) is 1. The normalized spacial score (nSPS) is 13.0. The van der Waals surface area contributed by atoms with Crippen LogP contribution in [0.15, 0.2) is 18.2 Å². The second-order valence-electron chi connectivity index (χ2n) is 4.75. The molecule has 0 amide bonds. The van der Waals surface area contributed by atoms with Gasteiger partial charge in [0, 0.05) is 12.1 Å². The van der Waals surface area contributed by atoms with Crippen LogP contribution in [0.1, 0.15) is 20.3 Å². The number of ether oxygens (including phenoxy) is 2. The van der Waals surface area contributed by atoms with Gasteiger partial charge in [-0.15, -0.1) is 0 Å². The van der Waals surface area contributed by atoms with Crippen LogP contribution in [0.5, 0.6) is 11.5 Å². The van der Waals surface area contributed by atoms with Crippen molar-refractivity contribution >= 4 is 5.69 Å². The Bertz CT molecular complexity index is 542. The maximum atomic E-state index is 11.0. The van der Waals surface area contributed by atoms with Gasteiger partial charge in [0.25, 0.3) is 0 Å². The Morgan fingerprint density at radius 2 is 2.24 bits per heavy atom. The van der Waals surface area contributed by atoms with Crippen molar-refractivity contribution in [2.75, 3.05) is 20.3 Å². The van der Waals surface area contributed by atoms with Gasteiger partial charge in [0.05, 0.1) is 18.1 Å². The Kier molecular flexibility index (Phi) is 5.93. The van der Waals surface area contributed by atoms with E-state index >= 15 is 0 Å². The second-order valence-corrected chi connectivity index (χ2v) is 4.75. The van der Waals surface area contributed by atoms with Crippen LogP contribution in [0.4, 0.5) is 5.69 Å². The van der Waals surface area contributed by atoms with Gasteiger partial charge in [-0.05, 0) is 26.0 Å². The number of nitrogens with one attached hydrogen (secondary N) is 1. The number of nitriles is 1. The molecule has 7 heteroatoms. The molecule has 0 bridgehead atoms. The van der Waals surface area contributed by atoms with Gasteiger partial charge >= 0.3 is 5.69 Å². The highest BCUT2D eigenvalue weighted by atomic mass is 16.6. The smallest absolute Gasteiger partial charge is 0.311 e. The van der Waals surface area contributed by atoms with Crippen LogP contribution >= 0.6 is 0 Å². The van der Waals surface area contributed by atoms with E-state index in [0.717, 1.165) is 6.42 Å². The van der Waals surface area contributed by atoms with E-state index in [1.54, 1.807) is 6.92 Å². The molecule has 0 aliphatic heterocycles. The number of nitrogens with zero attached hydrogens (tertiary/aromatic N) is 2. The average molecular weight is 293 g/mol. The van der Waals surface area contributed by atoms with E-state index in [0.29, 0.717) is 12.3 Å². The molecule has 1 rings (SSSR count). The highest BCUT2D eigenvalue weighted by Gasteiger charge is 2.26. The molecule has 0 radical (unpaired) electrons. The lowest BCUT2D eigenvalue weighted by atomic mass is 10.1. The quantitative estimate of drug-likeness (QED) is 0.583. The molecule has 1 unspecified atom stereocenters. The minimum atomic E-state index is -0.910. The Hall–Kier alpha value is -2.33. The van der Waals surface area contributed by atoms with E-state index in [4.69, 9.17) is 9.47 Å². The zero-order valence-corrected chi connectivity index (χ0v) is 12.4. The number of hydrogen-bond acceptors (Lipinski definition) is 6. The third-order valence-corrected chi connectivity index (χ3v) is 2.89. The van der Waals surface area contributed by atoms with Gasteiger partial charge in [-0.25, -0.2) is 0 Å². The van der Waals surface area contributed by atoms with E-state index in [2.05, 4.69) is 11.4 Å². The van der Waals surface area contributed by atoms with E-state index in [1.165, 1.54) is 25.3 Å². The Morgan fingerprint density at radius 1 is 1.52 bits per heavy atom. The summed E-state index contributed by atoms with van der Waals surface area (Å²) in [5, 5.41) is 23.3. The van der Waals surface area contributed by atoms with Gasteiger partial charge < -0.3 is 9.47 Å². The molecule has 1 N–H and O–H groups in total. The zero-order valence-electron chi connectivity index (χ0n) is 12.4. The van der Waals surface area contributed by atoms with E-state index in [9.17, 15) is 15.4 Å². The number of rotatable bonds is 8. The van der Waals surface area contributed by atoms with Crippen molar-refractivity contribution in [2.24, 2.45) is 0 Å². The van der Waals surface area contributed by atoms with Crippen LogP contribution in [0.2, 0.25) is 0 Å². The highest BCUT2D eigenvalue weighted by Crippen LogP contribution is 2.31. The summed E-state index contributed by atoms with van der Waals surface area (Å²) in [5.74, 6) is 0.537. The SMILES string of the molecule is CCCNC(C)(C#N)COc1cc(OC)ccc1[N+](=O)[O-]. The lowest BCUT2D eigenvalue weighted by Crippen LogP contribution is -2.46. The molecule has 0 saturated carbocycles. The molecule has 21 heavy (non-hydrogen) atoms. The lowest BCUT2D eigenvalue weighted by molar-refractivity contribution is -0.385. The molecular weight excluding hydrogens is 274 g/mol. The first-order chi connectivity index (χ1) is 9.95. The maximum Gasteiger partial charge on any atom is 0.311 e. The van der Waals surface area contributed by atoms with Crippen molar-refractivity contribution < 1.29 is 14.4 Å². The highest BCUT2D eigenvalue weighted by molar-refractivity contribution is 5.50. The summed E-state index contributed by atoms with van der Waals surface area (Å²) < 4.78 is 10.5. The van der Waals surface area contributed by atoms with Gasteiger partial charge in [-0.1, -0.05) is 6.92 Å². The lowest BCUT2D eigenvalue weighted by Gasteiger charge is -2.23. The molecule has 0 heterocycles. The van der Waals surface area contributed by atoms with Crippen molar-refractivity contribution in [3.8, 4) is 17.6 Å². The summed E-state index contributed by atoms with van der Waals surface area (Å²) in [6, 6.07) is 6.37. The van der Waals surface area contributed by atoms with Crippen LogP contribution in [0.3, 0.4) is 0 Å². The second kappa shape index (κ2) is 7.45. The van der Waals surface area contributed by atoms with Crippen molar-refractivity contribution in [1.82, 2.24) is 5.32 Å². The molecule has 7 nitrogen and oxygen atoms in total. The van der Waals surface area contributed by atoms with Gasteiger partial charge in [0.2, 0.25) is 5.75 Å². The zero-order chi connectivity index (χ0) is 15.9. The summed E-state index contributed by atoms with van der Waals surface area (Å²) in [5.41, 5.74) is -1.07. The fourth-order valence-corrected chi connectivity index (χ4v) is 1.63. The first kappa shape index (κ1) is 16.7. The number of nitro benzene ring substituents is 1. The molecule has 1 aromatic rings. The Morgan fingerprint density at radius 3 is 2.76 bits per heavy atom. The molecule has 114 valence electrons. The van der Waals surface area contributed by atoms with Crippen molar-refractivity contribution in [3.63, 3.8) is 0 Å². The molecule has 1 atom stereocenters. The summed E-state index contributed by atoms with van der Waals surface area (Å²) in [4.78, 5) is 10.5. The standard InChI is InChI=1S/C14H19N3O4/c1-4-7-16-14(2,9-15)10-21-13-8-11(20-3)5-6-12(13)17(18)19/h5-6,8,16H,4,7,10H2,1-3H3. The predicted molar refractivity (Wildman–Crippen MR) is 77.5 cm³/mol. The Labute approximate surface area is 123 Å². The third kappa shape index (κ3) is 4.61. The summed E-state index contributed by atoms with van der Waals surface area (Å²) in [7, 11) is 1.47. The average Bonchev–Trinajstić information content (AvgIpc) is 2.50. The fraction of sp³-hybridized carbons (Fsp3) is 0.500. The van der Waals surface area contributed by atoms with Gasteiger partial charge in [-0.3, -0.25) is 15.4 Å². The number of benzene rings is 1. The van der Waals surface area contributed by atoms with Crippen molar-refractivity contribution in [2.45, 2.75) is 25.8 Å². The first-order valence-corrected chi connectivity index (χ1v) is 6.57. The van der Waals surface area contributed by atoms with Crippen LogP contribution in [-0.4, -0.2) is 30.7 Å². The topological polar surface area (TPSA) is 97.4 Å². The number of methoxy groups -OCH3 is 1. The van der Waals surface area contributed by atoms with Gasteiger partial charge in [0.15, 0.2) is 0 Å². The van der Waals surface area contributed by atoms with Crippen LogP contribution in [0, 0.1) is 21.4 Å². The van der Waals surface area contributed by atoms with E-state index in [1.807, 2.05) is 6.92 Å². The third-order valence-electron chi connectivity index (χ3n) is 2.89. The molecular formula is C14H19N3O4. The number of nitro groups is 1. The summed E-state index contributed by atoms with van der Waals surface area (Å²) in [6.07, 6.45) is 0.872. The first-order valence-electron chi connectivity index (χ1n) is 6.57. The minimum absolute atomic E-state index is 0.00247. The van der Waals surface area contributed by atoms with Crippen molar-refractivity contribution in [1.29, 1.82) is 5.26 Å². The predicted octanol–water partition coefficient (Wildman–Crippen LogP) is 2.26. The van der Waals surface area contributed by atoms with E-state index < -0.39 is 10.5 Å². The molecule has 0 aliphatic rings. The molecule has 0 aliphatic carbocycles. The molecule has 0 spiro atoms. The van der Waals surface area contributed by atoms with E-state index in [-0.39, 0.29) is 18.0 Å². The summed E-state index contributed by atoms with van der Waals surface area (Å²) >= 11 is 0. The van der Waals surface area contributed by atoms with Crippen LogP contribution in [0.25, 0.3) is 0 Å². The molecule has 0 saturated heterocycles. The fourth-order valence-electron chi connectivity index (χ4n) is 1.63. The van der Waals surface area contributed by atoms with Gasteiger partial charge in [-0.2, -0.15) is 5.26 Å².